The van der Waals surface area contributed by atoms with Gasteiger partial charge >= 0.3 is 0 Å². The van der Waals surface area contributed by atoms with Gasteiger partial charge in [-0.1, -0.05) is 29.8 Å². The summed E-state index contributed by atoms with van der Waals surface area (Å²) < 4.78 is 33.5. The van der Waals surface area contributed by atoms with E-state index in [0.29, 0.717) is 34.6 Å². The molecule has 8 heteroatoms. The summed E-state index contributed by atoms with van der Waals surface area (Å²) in [4.78, 5) is 6.07. The number of amidine groups is 1. The van der Waals surface area contributed by atoms with Crippen molar-refractivity contribution in [3.8, 4) is 11.6 Å². The first-order chi connectivity index (χ1) is 12.9. The average Bonchev–Trinajstić information content (AvgIpc) is 2.62. The molecule has 0 unspecified atom stereocenters. The second-order valence-electron chi connectivity index (χ2n) is 6.21. The topological polar surface area (TPSA) is 71.9 Å². The molecular weight excluding hydrogens is 386 g/mol. The van der Waals surface area contributed by atoms with Crippen LogP contribution in [0.1, 0.15) is 11.3 Å². The number of aromatic nitrogens is 1. The van der Waals surface area contributed by atoms with Gasteiger partial charge in [0.15, 0.2) is 5.84 Å². The summed E-state index contributed by atoms with van der Waals surface area (Å²) in [6, 6.07) is 12.8. The molecule has 0 saturated carbocycles. The number of halogens is 1. The summed E-state index contributed by atoms with van der Waals surface area (Å²) in [6.07, 6.45) is 3.41. The minimum absolute atomic E-state index is 0.0271. The molecule has 0 N–H and O–H groups in total. The fraction of sp³-hybridized carbons (Fsp3) is 0.158. The Kier molecular flexibility index (Phi) is 4.49. The summed E-state index contributed by atoms with van der Waals surface area (Å²) in [7, 11) is -3.46. The highest BCUT2D eigenvalue weighted by Crippen LogP contribution is 2.31. The zero-order valence-electron chi connectivity index (χ0n) is 14.5. The Hall–Kier alpha value is -2.64. The minimum atomic E-state index is -3.46. The highest BCUT2D eigenvalue weighted by molar-refractivity contribution is 7.90. The number of fused-ring (bicyclic) bond motifs is 1. The van der Waals surface area contributed by atoms with Crippen LogP contribution in [0.25, 0.3) is 5.57 Å². The van der Waals surface area contributed by atoms with Crippen LogP contribution < -0.4 is 4.74 Å². The first-order valence-corrected chi connectivity index (χ1v) is 10.3. The van der Waals surface area contributed by atoms with Crippen molar-refractivity contribution in [2.45, 2.75) is 6.92 Å². The molecule has 1 aromatic heterocycles. The quantitative estimate of drug-likeness (QED) is 0.784. The highest BCUT2D eigenvalue weighted by Gasteiger charge is 2.28. The summed E-state index contributed by atoms with van der Waals surface area (Å²) >= 11 is 6.21. The van der Waals surface area contributed by atoms with Crippen molar-refractivity contribution in [3.63, 3.8) is 0 Å². The number of hydrogen-bond donors (Lipinski definition) is 0. The number of pyridine rings is 1. The van der Waals surface area contributed by atoms with Crippen molar-refractivity contribution in [2.24, 2.45) is 4.40 Å². The molecule has 6 nitrogen and oxygen atoms in total. The van der Waals surface area contributed by atoms with Crippen LogP contribution in [0.3, 0.4) is 0 Å². The molecule has 0 aliphatic carbocycles. The molecule has 0 fully saturated rings. The van der Waals surface area contributed by atoms with Gasteiger partial charge in [0.05, 0.1) is 10.8 Å². The maximum Gasteiger partial charge on any atom is 0.256 e. The molecule has 0 radical (unpaired) electrons. The third kappa shape index (κ3) is 3.89. The van der Waals surface area contributed by atoms with Crippen LogP contribution in [0.15, 0.2) is 64.2 Å². The van der Waals surface area contributed by atoms with Gasteiger partial charge in [-0.15, -0.1) is 4.40 Å². The molecule has 0 atom stereocenters. The first kappa shape index (κ1) is 17.8. The van der Waals surface area contributed by atoms with Crippen molar-refractivity contribution in [1.29, 1.82) is 0 Å². The Balaban J connectivity index is 1.64. The lowest BCUT2D eigenvalue weighted by Crippen LogP contribution is -2.38. The maximum absolute atomic E-state index is 11.9. The molecule has 4 rings (SSSR count). The monoisotopic (exact) mass is 401 g/mol. The number of allylic oxidation sites excluding steroid dienone is 2. The lowest BCUT2D eigenvalue weighted by molar-refractivity contribution is 0.461. The van der Waals surface area contributed by atoms with E-state index in [1.807, 2.05) is 31.2 Å². The van der Waals surface area contributed by atoms with E-state index in [2.05, 4.69) is 9.38 Å². The van der Waals surface area contributed by atoms with E-state index >= 15 is 0 Å². The molecule has 0 spiro atoms. The number of hydrogen-bond acceptors (Lipinski definition) is 5. The minimum Gasteiger partial charge on any atom is -0.439 e. The van der Waals surface area contributed by atoms with Gasteiger partial charge in [-0.25, -0.2) is 13.4 Å². The standard InChI is InChI=1S/C19H16ClN3O3S/c1-13-3-2-4-18(21-13)26-16-7-5-14(6-8-16)17-11-15(20)12-23-9-10-27(24,25)22-19(17)23/h2-8,11-12H,9-10H2,1H3. The zero-order chi connectivity index (χ0) is 19.0. The third-order valence-corrected chi connectivity index (χ3v) is 5.50. The van der Waals surface area contributed by atoms with E-state index in [-0.39, 0.29) is 5.75 Å². The van der Waals surface area contributed by atoms with E-state index < -0.39 is 10.0 Å². The van der Waals surface area contributed by atoms with Gasteiger partial charge in [-0.05, 0) is 36.8 Å². The predicted octanol–water partition coefficient (Wildman–Crippen LogP) is 3.70. The number of rotatable bonds is 3. The lowest BCUT2D eigenvalue weighted by Gasteiger charge is -2.30. The third-order valence-electron chi connectivity index (χ3n) is 4.14. The molecule has 2 aromatic rings. The normalized spacial score (nSPS) is 18.1. The predicted molar refractivity (Wildman–Crippen MR) is 105 cm³/mol. The van der Waals surface area contributed by atoms with E-state index in [4.69, 9.17) is 16.3 Å². The largest absolute Gasteiger partial charge is 0.439 e. The number of ether oxygens (including phenoxy) is 1. The van der Waals surface area contributed by atoms with Gasteiger partial charge in [-0.2, -0.15) is 0 Å². The summed E-state index contributed by atoms with van der Waals surface area (Å²) in [5, 5.41) is 0.521. The van der Waals surface area contributed by atoms with Gasteiger partial charge in [0.1, 0.15) is 5.75 Å². The summed E-state index contributed by atoms with van der Waals surface area (Å²) in [5.41, 5.74) is 2.33. The van der Waals surface area contributed by atoms with Crippen LogP contribution in [0.4, 0.5) is 0 Å². The molecule has 2 aliphatic rings. The van der Waals surface area contributed by atoms with Gasteiger partial charge in [0, 0.05) is 30.1 Å². The Bertz CT molecular complexity index is 1090. The van der Waals surface area contributed by atoms with Crippen LogP contribution in [-0.2, 0) is 10.0 Å². The summed E-state index contributed by atoms with van der Waals surface area (Å²) in [5.74, 6) is 1.50. The second kappa shape index (κ2) is 6.83. The maximum atomic E-state index is 11.9. The van der Waals surface area contributed by atoms with Crippen LogP contribution in [-0.4, -0.2) is 36.4 Å². The molecular formula is C19H16ClN3O3S. The van der Waals surface area contributed by atoms with Gasteiger partial charge < -0.3 is 9.64 Å². The van der Waals surface area contributed by atoms with E-state index in [0.717, 1.165) is 11.3 Å². The molecule has 0 bridgehead atoms. The molecule has 2 aliphatic heterocycles. The van der Waals surface area contributed by atoms with Gasteiger partial charge in [0.25, 0.3) is 10.0 Å². The van der Waals surface area contributed by atoms with Crippen molar-refractivity contribution >= 4 is 33.0 Å². The number of benzene rings is 1. The molecule has 3 heterocycles. The molecule has 0 saturated heterocycles. The lowest BCUT2D eigenvalue weighted by atomic mass is 10.0. The molecule has 1 aromatic carbocycles. The Labute approximate surface area is 162 Å². The SMILES string of the molecule is Cc1cccc(Oc2ccc(C3=CC(Cl)=CN4CCS(=O)(=O)N=C34)cc2)n1. The zero-order valence-corrected chi connectivity index (χ0v) is 16.0. The first-order valence-electron chi connectivity index (χ1n) is 8.30. The molecule has 27 heavy (non-hydrogen) atoms. The van der Waals surface area contributed by atoms with Gasteiger partial charge in [0.2, 0.25) is 5.88 Å². The fourth-order valence-electron chi connectivity index (χ4n) is 2.88. The average molecular weight is 402 g/mol. The number of aryl methyl sites for hydroxylation is 1. The van der Waals surface area contributed by atoms with Crippen molar-refractivity contribution in [1.82, 2.24) is 9.88 Å². The van der Waals surface area contributed by atoms with E-state index in [9.17, 15) is 8.42 Å². The Morgan fingerprint density at radius 1 is 1.15 bits per heavy atom. The number of nitrogens with zero attached hydrogens (tertiary/aromatic N) is 3. The Morgan fingerprint density at radius 3 is 2.67 bits per heavy atom. The fourth-order valence-corrected chi connectivity index (χ4v) is 4.09. The van der Waals surface area contributed by atoms with Crippen LogP contribution in [0, 0.1) is 6.92 Å². The van der Waals surface area contributed by atoms with Crippen LogP contribution in [0.2, 0.25) is 0 Å². The van der Waals surface area contributed by atoms with E-state index in [1.165, 1.54) is 0 Å². The van der Waals surface area contributed by atoms with Crippen molar-refractivity contribution < 1.29 is 13.2 Å². The summed E-state index contributed by atoms with van der Waals surface area (Å²) in [6.45, 7) is 2.22. The Morgan fingerprint density at radius 2 is 1.93 bits per heavy atom. The smallest absolute Gasteiger partial charge is 0.256 e. The van der Waals surface area contributed by atoms with Gasteiger partial charge in [-0.3, -0.25) is 0 Å². The highest BCUT2D eigenvalue weighted by atomic mass is 35.5. The van der Waals surface area contributed by atoms with Crippen LogP contribution in [0.5, 0.6) is 11.6 Å². The second-order valence-corrected chi connectivity index (χ2v) is 8.40. The molecule has 0 amide bonds. The van der Waals surface area contributed by atoms with Crippen molar-refractivity contribution in [3.05, 3.63) is 71.0 Å². The van der Waals surface area contributed by atoms with E-state index in [1.54, 1.807) is 35.4 Å². The van der Waals surface area contributed by atoms with Crippen molar-refractivity contribution in [2.75, 3.05) is 12.3 Å². The number of sulfonamides is 1. The van der Waals surface area contributed by atoms with Crippen LogP contribution >= 0.6 is 11.6 Å². The molecule has 138 valence electrons.